The summed E-state index contributed by atoms with van der Waals surface area (Å²) in [5, 5.41) is 0.922. The number of sulfonamides is 1. The number of anilines is 1. The largest absolute Gasteiger partial charge is 0.481 e. The predicted molar refractivity (Wildman–Crippen MR) is 130 cm³/mol. The second kappa shape index (κ2) is 9.12. The minimum atomic E-state index is -3.19. The number of morpholine rings is 1. The van der Waals surface area contributed by atoms with Crippen molar-refractivity contribution in [3.05, 3.63) is 30.1 Å². The van der Waals surface area contributed by atoms with Crippen LogP contribution in [-0.2, 0) is 14.8 Å². The number of methoxy groups -OCH3 is 1. The number of rotatable bonds is 5. The Bertz CT molecular complexity index is 1290. The molecule has 3 aromatic heterocycles. The van der Waals surface area contributed by atoms with E-state index in [4.69, 9.17) is 19.4 Å². The molecule has 0 spiro atoms. The van der Waals surface area contributed by atoms with Crippen molar-refractivity contribution in [2.24, 2.45) is 0 Å². The lowest BCUT2D eigenvalue weighted by Crippen LogP contribution is -2.44. The summed E-state index contributed by atoms with van der Waals surface area (Å²) in [6.07, 6.45) is 4.56. The molecule has 5 heterocycles. The number of nitrogens with zero attached hydrogens (tertiary/aromatic N) is 5. The summed E-state index contributed by atoms with van der Waals surface area (Å²) >= 11 is 0. The molecule has 2 fully saturated rings. The lowest BCUT2D eigenvalue weighted by atomic mass is 9.94. The Morgan fingerprint density at radius 1 is 1.15 bits per heavy atom. The Morgan fingerprint density at radius 3 is 2.65 bits per heavy atom. The van der Waals surface area contributed by atoms with E-state index in [0.717, 1.165) is 41.8 Å². The highest BCUT2D eigenvalue weighted by atomic mass is 32.2. The molecule has 10 nitrogen and oxygen atoms in total. The zero-order chi connectivity index (χ0) is 23.9. The van der Waals surface area contributed by atoms with Gasteiger partial charge in [0.1, 0.15) is 11.5 Å². The number of H-pyrrole nitrogens is 1. The normalized spacial score (nSPS) is 20.7. The van der Waals surface area contributed by atoms with Crippen LogP contribution in [0.15, 0.2) is 24.4 Å². The van der Waals surface area contributed by atoms with Crippen LogP contribution in [0.1, 0.15) is 31.4 Å². The van der Waals surface area contributed by atoms with Crippen molar-refractivity contribution in [1.82, 2.24) is 24.2 Å². The van der Waals surface area contributed by atoms with Crippen molar-refractivity contribution >= 4 is 26.9 Å². The predicted octanol–water partition coefficient (Wildman–Crippen LogP) is 2.39. The summed E-state index contributed by atoms with van der Waals surface area (Å²) in [5.74, 6) is 2.12. The average molecular weight is 487 g/mol. The van der Waals surface area contributed by atoms with E-state index in [1.807, 2.05) is 18.3 Å². The number of fused-ring (bicyclic) bond motifs is 1. The highest BCUT2D eigenvalue weighted by Gasteiger charge is 2.29. The van der Waals surface area contributed by atoms with Crippen LogP contribution in [0.2, 0.25) is 0 Å². The number of pyridine rings is 1. The van der Waals surface area contributed by atoms with Gasteiger partial charge in [0.2, 0.25) is 15.9 Å². The maximum absolute atomic E-state index is 12.0. The molecule has 34 heavy (non-hydrogen) atoms. The number of hydrogen-bond donors (Lipinski definition) is 1. The maximum Gasteiger partial charge on any atom is 0.215 e. The van der Waals surface area contributed by atoms with Crippen molar-refractivity contribution in [1.29, 1.82) is 0 Å². The molecule has 2 aliphatic rings. The highest BCUT2D eigenvalue weighted by molar-refractivity contribution is 7.88. The van der Waals surface area contributed by atoms with Crippen LogP contribution in [0, 0.1) is 0 Å². The Morgan fingerprint density at radius 2 is 1.94 bits per heavy atom. The molecule has 3 aromatic rings. The Hall–Kier alpha value is -2.76. The minimum Gasteiger partial charge on any atom is -0.481 e. The summed E-state index contributed by atoms with van der Waals surface area (Å²) in [5.41, 5.74) is 2.50. The number of hydrogen-bond acceptors (Lipinski definition) is 8. The van der Waals surface area contributed by atoms with Crippen molar-refractivity contribution in [2.75, 3.05) is 51.1 Å². The van der Waals surface area contributed by atoms with Crippen LogP contribution < -0.4 is 9.64 Å². The first-order chi connectivity index (χ1) is 16.3. The van der Waals surface area contributed by atoms with Gasteiger partial charge < -0.3 is 19.4 Å². The van der Waals surface area contributed by atoms with E-state index in [0.29, 0.717) is 43.7 Å². The van der Waals surface area contributed by atoms with Crippen LogP contribution >= 0.6 is 0 Å². The summed E-state index contributed by atoms with van der Waals surface area (Å²) < 4.78 is 36.6. The van der Waals surface area contributed by atoms with Crippen molar-refractivity contribution in [3.63, 3.8) is 0 Å². The van der Waals surface area contributed by atoms with E-state index >= 15 is 0 Å². The van der Waals surface area contributed by atoms with Gasteiger partial charge in [-0.25, -0.2) is 22.7 Å². The van der Waals surface area contributed by atoms with E-state index < -0.39 is 10.0 Å². The van der Waals surface area contributed by atoms with Crippen LogP contribution in [-0.4, -0.2) is 84.9 Å². The molecule has 11 heteroatoms. The third-order valence-corrected chi connectivity index (χ3v) is 7.99. The van der Waals surface area contributed by atoms with Gasteiger partial charge in [0.15, 0.2) is 5.82 Å². The lowest BCUT2D eigenvalue weighted by molar-refractivity contribution is 0.0985. The first kappa shape index (κ1) is 23.0. The summed E-state index contributed by atoms with van der Waals surface area (Å²) in [7, 11) is -1.59. The monoisotopic (exact) mass is 486 g/mol. The Kier molecular flexibility index (Phi) is 6.17. The molecule has 0 saturated carbocycles. The van der Waals surface area contributed by atoms with E-state index in [9.17, 15) is 8.42 Å². The fraction of sp³-hybridized carbons (Fsp3) is 0.522. The average Bonchev–Trinajstić information content (AvgIpc) is 3.31. The molecule has 0 aliphatic carbocycles. The van der Waals surface area contributed by atoms with Gasteiger partial charge in [0, 0.05) is 60.5 Å². The molecule has 0 amide bonds. The maximum atomic E-state index is 12.0. The molecule has 1 unspecified atom stereocenters. The molecule has 0 radical (unpaired) electrons. The molecule has 0 bridgehead atoms. The van der Waals surface area contributed by atoms with Gasteiger partial charge >= 0.3 is 0 Å². The molecular weight excluding hydrogens is 456 g/mol. The van der Waals surface area contributed by atoms with E-state index in [1.54, 1.807) is 11.4 Å². The van der Waals surface area contributed by atoms with Gasteiger partial charge in [-0.1, -0.05) is 0 Å². The van der Waals surface area contributed by atoms with Gasteiger partial charge in [-0.15, -0.1) is 0 Å². The van der Waals surface area contributed by atoms with Crippen molar-refractivity contribution in [2.45, 2.75) is 31.7 Å². The Balaban J connectivity index is 1.59. The van der Waals surface area contributed by atoms with Gasteiger partial charge in [-0.2, -0.15) is 4.98 Å². The second-order valence-electron chi connectivity index (χ2n) is 8.98. The topological polar surface area (TPSA) is 114 Å². The van der Waals surface area contributed by atoms with Gasteiger partial charge in [-0.3, -0.25) is 0 Å². The number of aromatic amines is 1. The number of nitrogens with one attached hydrogen (secondary N) is 1. The van der Waals surface area contributed by atoms with Gasteiger partial charge in [0.05, 0.1) is 32.6 Å². The van der Waals surface area contributed by atoms with Crippen molar-refractivity contribution in [3.8, 4) is 17.3 Å². The van der Waals surface area contributed by atoms with E-state index in [-0.39, 0.29) is 12.0 Å². The molecule has 5 rings (SSSR count). The summed E-state index contributed by atoms with van der Waals surface area (Å²) in [6, 6.07) is 6.09. The van der Waals surface area contributed by atoms with E-state index in [2.05, 4.69) is 27.9 Å². The molecular formula is C23H30N6O4S. The molecule has 1 N–H and O–H groups in total. The quantitative estimate of drug-likeness (QED) is 0.585. The zero-order valence-corrected chi connectivity index (χ0v) is 20.5. The number of aromatic nitrogens is 4. The van der Waals surface area contributed by atoms with Gasteiger partial charge in [-0.05, 0) is 25.8 Å². The Labute approximate surface area is 199 Å². The third-order valence-electron chi connectivity index (χ3n) is 6.69. The van der Waals surface area contributed by atoms with Crippen LogP contribution in [0.3, 0.4) is 0 Å². The highest BCUT2D eigenvalue weighted by Crippen LogP contribution is 2.34. The molecule has 0 aromatic carbocycles. The molecule has 2 saturated heterocycles. The fourth-order valence-corrected chi connectivity index (χ4v) is 5.66. The zero-order valence-electron chi connectivity index (χ0n) is 19.7. The minimum absolute atomic E-state index is 0.153. The summed E-state index contributed by atoms with van der Waals surface area (Å²) in [4.78, 5) is 19.9. The molecule has 182 valence electrons. The van der Waals surface area contributed by atoms with Crippen LogP contribution in [0.25, 0.3) is 22.4 Å². The SMILES string of the molecule is COc1cc(-c2nc(C3CCN(S(C)(=O)=O)CC3)cc(N3CCOCC3C)n2)c2cc[nH]c2n1. The fourth-order valence-electron chi connectivity index (χ4n) is 4.78. The lowest BCUT2D eigenvalue weighted by Gasteiger charge is -2.35. The van der Waals surface area contributed by atoms with Gasteiger partial charge in [0.25, 0.3) is 0 Å². The molecule has 1 atom stereocenters. The second-order valence-corrected chi connectivity index (χ2v) is 11.0. The van der Waals surface area contributed by atoms with Crippen LogP contribution in [0.5, 0.6) is 5.88 Å². The van der Waals surface area contributed by atoms with Crippen LogP contribution in [0.4, 0.5) is 5.82 Å². The van der Waals surface area contributed by atoms with E-state index in [1.165, 1.54) is 6.26 Å². The smallest absolute Gasteiger partial charge is 0.215 e. The number of ether oxygens (including phenoxy) is 2. The first-order valence-electron chi connectivity index (χ1n) is 11.5. The first-order valence-corrected chi connectivity index (χ1v) is 13.4. The number of piperidine rings is 1. The standard InChI is InChI=1S/C23H30N6O4S/c1-15-14-33-11-10-29(15)20-13-19(16-5-8-28(9-6-16)34(3,30)31)25-23(26-20)18-12-21(32-2)27-22-17(18)4-7-24-22/h4,7,12-13,15-16H,5-6,8-11,14H2,1-3H3,(H,24,27). The third kappa shape index (κ3) is 4.47. The van der Waals surface area contributed by atoms with Crippen molar-refractivity contribution < 1.29 is 17.9 Å². The summed E-state index contributed by atoms with van der Waals surface area (Å²) in [6.45, 7) is 5.17. The molecule has 2 aliphatic heterocycles.